The summed E-state index contributed by atoms with van der Waals surface area (Å²) >= 11 is 0. The van der Waals surface area contributed by atoms with Gasteiger partial charge in [0.05, 0.1) is 0 Å². The van der Waals surface area contributed by atoms with Gasteiger partial charge in [0.2, 0.25) is 0 Å². The molecule has 0 radical (unpaired) electrons. The van der Waals surface area contributed by atoms with Crippen LogP contribution in [-0.4, -0.2) is 47.0 Å². The first-order valence-corrected chi connectivity index (χ1v) is 11.3. The van der Waals surface area contributed by atoms with Gasteiger partial charge in [-0.1, -0.05) is 0 Å². The molecule has 0 aromatic heterocycles. The van der Waals surface area contributed by atoms with Crippen molar-refractivity contribution in [3.63, 3.8) is 0 Å². The van der Waals surface area contributed by atoms with Gasteiger partial charge in [-0.3, -0.25) is 0 Å². The van der Waals surface area contributed by atoms with Crippen molar-refractivity contribution in [2.45, 2.75) is 0 Å². The molecule has 120 heteroatoms. The minimum Gasteiger partial charge on any atom is -0.211 e. The molecule has 0 saturated heterocycles. The maximum absolute atomic E-state index is 9.83. The summed E-state index contributed by atoms with van der Waals surface area (Å²) in [6.07, 6.45) is 0. The quantitative estimate of drug-likeness (QED) is 0.148. The van der Waals surface area contributed by atoms with Crippen LogP contribution in [0.25, 0.3) is 0 Å². The second-order valence-corrected chi connectivity index (χ2v) is 6.43. The van der Waals surface area contributed by atoms with Gasteiger partial charge >= 0.3 is 47.0 Å². The van der Waals surface area contributed by atoms with E-state index in [1.807, 2.05) is 0 Å². The van der Waals surface area contributed by atoms with Crippen molar-refractivity contribution >= 4 is 47.0 Å². The molecule has 120 heavy (non-hydrogen) atoms. The van der Waals surface area contributed by atoms with Crippen LogP contribution in [0.1, 0.15) is 0 Å². The number of hydrogen-bond acceptors (Lipinski definition) is 0. The summed E-state index contributed by atoms with van der Waals surface area (Å²) < 4.78 is 197. The van der Waals surface area contributed by atoms with E-state index < -0.39 is 47.0 Å². The van der Waals surface area contributed by atoms with Crippen LogP contribution in [0.5, 0.6) is 0 Å². The first-order chi connectivity index (χ1) is 10.0. The van der Waals surface area contributed by atoms with Crippen LogP contribution >= 0.6 is 0 Å². The summed E-state index contributed by atoms with van der Waals surface area (Å²) in [5.41, 5.74) is 0. The standard InChI is InChI=1S/5F4Si.95He/c5*1-5(2,3)4;;;;;;;;;;;;;;;;;;;;;;;;;;;;;;;;;;;;;;;;;;;;;;;;;;;;;;;;;;;;;;;;;;;;;;;;;;;;;;;;;;;;;;;;;;;;;;;. The van der Waals surface area contributed by atoms with Crippen molar-refractivity contribution in [2.24, 2.45) is 0 Å². The molecule has 0 amide bonds. The maximum atomic E-state index is 9.83. The van der Waals surface area contributed by atoms with Crippen LogP contribution in [0.4, 0.5) is 82.2 Å². The summed E-state index contributed by atoms with van der Waals surface area (Å²) in [5, 5.41) is 0. The van der Waals surface area contributed by atoms with E-state index >= 15 is 0 Å². The Bertz CT molecular complexity index is 254. The zero-order valence-electron chi connectivity index (χ0n) is 77.2. The smallest absolute Gasteiger partial charge is 0.211 e. The third-order valence-corrected chi connectivity index (χ3v) is 0. The van der Waals surface area contributed by atoms with E-state index in [0.29, 0.717) is 0 Å². The molecule has 0 aliphatic rings. The van der Waals surface area contributed by atoms with Crippen molar-refractivity contribution in [1.82, 2.24) is 0 Å². The predicted octanol–water partition coefficient (Wildman–Crippen LogP) is 6.50. The van der Waals surface area contributed by atoms with Crippen LogP contribution in [0.15, 0.2) is 0 Å². The molecule has 0 fully saturated rings. The van der Waals surface area contributed by atoms with Gasteiger partial charge in [-0.2, -0.15) is 0 Å². The zero-order chi connectivity index (χ0) is 22.5. The van der Waals surface area contributed by atoms with Gasteiger partial charge in [0.15, 0.2) is 0 Å². The van der Waals surface area contributed by atoms with Gasteiger partial charge < -0.3 is 0 Å². The maximum Gasteiger partial charge on any atom is 0.844 e. The predicted molar refractivity (Wildman–Crippen MR) is 50.9 cm³/mol. The van der Waals surface area contributed by atoms with Crippen LogP contribution < -0.4 is 0 Å². The minimum atomic E-state index is -6.61. The van der Waals surface area contributed by atoms with Gasteiger partial charge in [-0.25, -0.2) is 82.2 Å². The molecule has 0 unspecified atom stereocenters. The Labute approximate surface area is 713 Å². The Morgan fingerprint density at radius 2 is 0.0417 bits per heavy atom. The van der Waals surface area contributed by atoms with E-state index in [0.717, 1.165) is 0 Å². The largest absolute Gasteiger partial charge is 0.844 e. The molecule has 0 N–H and O–H groups in total. The molecule has 350 valence electrons. The molecule has 0 spiro atoms. The molecular weight excluding hydrogens is 901 g/mol. The van der Waals surface area contributed by atoms with Gasteiger partial charge in [-0.15, -0.1) is 0 Å². The second kappa shape index (κ2) is 2950. The number of halogens is 20. The average Bonchev–Trinajstić information content (AvgIpc) is 1.79. The molecule has 0 atom stereocenters. The third-order valence-electron chi connectivity index (χ3n) is 0. The van der Waals surface area contributed by atoms with Crippen molar-refractivity contribution in [3.05, 3.63) is 0 Å². The Morgan fingerprint density at radius 3 is 0.0417 bits per heavy atom. The van der Waals surface area contributed by atoms with Crippen molar-refractivity contribution in [3.8, 4) is 0 Å². The molecule has 0 nitrogen and oxygen atoms in total. The molecule has 0 aromatic carbocycles. The zero-order valence-corrected chi connectivity index (χ0v) is 82.2. The summed E-state index contributed by atoms with van der Waals surface area (Å²) in [7, 11) is -33.1. The third kappa shape index (κ3) is 15900. The van der Waals surface area contributed by atoms with Gasteiger partial charge in [0.1, 0.15) is 0 Å². The second-order valence-electron chi connectivity index (χ2n) is 2.14. The van der Waals surface area contributed by atoms with E-state index in [4.69, 9.17) is 0 Å². The molecule has 0 heterocycles. The van der Waals surface area contributed by atoms with E-state index in [2.05, 4.69) is 0 Å². The van der Waals surface area contributed by atoms with Gasteiger partial charge in [0, 0.05) is 584 Å². The normalized spacial score (nSPS) is 2.50. The van der Waals surface area contributed by atoms with Gasteiger partial charge in [0.25, 0.3) is 0 Å². The van der Waals surface area contributed by atoms with Crippen LogP contribution in [0, 0.1) is 584 Å². The summed E-state index contributed by atoms with van der Waals surface area (Å²) in [4.78, 5) is 0. The van der Waals surface area contributed by atoms with E-state index in [1.54, 1.807) is 0 Å². The van der Waals surface area contributed by atoms with Gasteiger partial charge in [-0.05, 0) is 0 Å². The number of hydrogen-bond donors (Lipinski definition) is 0. The van der Waals surface area contributed by atoms with Crippen LogP contribution in [-0.2, 0) is 0 Å². The Hall–Kier alpha value is -8.95. The molecule has 0 aliphatic heterocycles. The Kier molecular flexibility index (Phi) is 271000. The van der Waals surface area contributed by atoms with Crippen LogP contribution in [0.2, 0.25) is 0 Å². The fourth-order valence-electron chi connectivity index (χ4n) is 0. The van der Waals surface area contributed by atoms with Crippen molar-refractivity contribution in [1.29, 1.82) is 0 Å². The fourth-order valence-corrected chi connectivity index (χ4v) is 0. The summed E-state index contributed by atoms with van der Waals surface area (Å²) in [6, 6.07) is 0. The van der Waals surface area contributed by atoms with E-state index in [9.17, 15) is 82.2 Å². The monoisotopic (exact) mass is 900 g/mol. The van der Waals surface area contributed by atoms with Crippen LogP contribution in [0.3, 0.4) is 0 Å². The molecule has 0 saturated carbocycles. The fraction of sp³-hybridized carbons (Fsp3) is 0. The molecule has 0 rings (SSSR count). The first-order valence-electron chi connectivity index (χ1n) is 3.78. The number of rotatable bonds is 0. The van der Waals surface area contributed by atoms with Crippen molar-refractivity contribution in [2.75, 3.05) is 0 Å². The molecule has 0 aliphatic carbocycles. The molecule has 0 aromatic rings. The van der Waals surface area contributed by atoms with Crippen molar-refractivity contribution < 1.29 is 666 Å². The SMILES string of the molecule is F[Si](F)(F)F.F[Si](F)(F)F.F[Si](F)(F)F.F[Si](F)(F)F.F[Si](F)(F)F.[He].[He].[He].[He].[He].[He].[He].[He].[He].[He].[He].[He].[He].[He].[He].[He].[He].[He].[He].[He].[He].[He].[He].[He].[He].[He].[He].[He].[He].[He].[He].[He].[He].[He].[He].[He].[He].[He].[He].[He].[He].[He].[He].[He].[He].[He].[He].[He].[He].[He].[He].[He].[He].[He].[He].[He].[He].[He].[He].[He].[He].[He].[He].[He].[He].[He].[He].[He].[He].[He].[He].[He].[He].[He].[He].[He].[He].[He].[He].[He].[He].[He].[He].[He].[He].[He].[He].[He].[He].[He].[He].[He].[He].[He].[He]. The molecular formula is F20He95Si5. The Balaban J connectivity index is -0.000000000355. The summed E-state index contributed by atoms with van der Waals surface area (Å²) in [5.74, 6) is 0. The topological polar surface area (TPSA) is 0 Å². The first kappa shape index (κ1) is 11000. The Morgan fingerprint density at radius 1 is 0.0417 bits per heavy atom. The minimum absolute atomic E-state index is 0. The van der Waals surface area contributed by atoms with E-state index in [-0.39, 0.29) is 584 Å². The molecule has 0 bridgehead atoms. The summed E-state index contributed by atoms with van der Waals surface area (Å²) in [6.45, 7) is 0. The average molecular weight is 901 g/mol. The van der Waals surface area contributed by atoms with E-state index in [1.165, 1.54) is 0 Å².